The number of amides is 2. The zero-order valence-electron chi connectivity index (χ0n) is 15.4. The molecule has 0 heterocycles. The fraction of sp³-hybridized carbons (Fsp3) is 0.529. The minimum atomic E-state index is -0.486. The predicted octanol–water partition coefficient (Wildman–Crippen LogP) is 2.08. The molecule has 8 heteroatoms. The molecule has 0 bridgehead atoms. The zero-order valence-corrected chi connectivity index (χ0v) is 15.4. The van der Waals surface area contributed by atoms with Crippen LogP contribution in [-0.2, 0) is 9.59 Å². The largest absolute Gasteiger partial charge is 0.350 e. The van der Waals surface area contributed by atoms with E-state index in [0.717, 1.165) is 0 Å². The third-order valence-electron chi connectivity index (χ3n) is 3.39. The van der Waals surface area contributed by atoms with Gasteiger partial charge in [0.1, 0.15) is 0 Å². The van der Waals surface area contributed by atoms with Crippen LogP contribution >= 0.6 is 0 Å². The normalized spacial score (nSPS) is 11.3. The Labute approximate surface area is 147 Å². The summed E-state index contributed by atoms with van der Waals surface area (Å²) in [7, 11) is 0. The number of hydrogen-bond acceptors (Lipinski definition) is 5. The number of aryl methyl sites for hydroxylation is 1. The first-order valence-corrected chi connectivity index (χ1v) is 8.10. The van der Waals surface area contributed by atoms with Crippen molar-refractivity contribution in [3.05, 3.63) is 33.9 Å². The standard InChI is InChI=1S/C17H26N4O4/c1-6-20(11-16(23)19-17(3,4)5)10-15(22)18-13-8-7-12(2)14(9-13)21(24)25/h7-9H,6,10-11H2,1-5H3,(H,18,22)(H,19,23). The molecule has 0 fully saturated rings. The highest BCUT2D eigenvalue weighted by molar-refractivity contribution is 5.93. The average Bonchev–Trinajstić information content (AvgIpc) is 2.46. The summed E-state index contributed by atoms with van der Waals surface area (Å²) in [6, 6.07) is 4.53. The summed E-state index contributed by atoms with van der Waals surface area (Å²) in [6.07, 6.45) is 0. The number of nitro benzene ring substituents is 1. The van der Waals surface area contributed by atoms with Gasteiger partial charge in [-0.3, -0.25) is 24.6 Å². The summed E-state index contributed by atoms with van der Waals surface area (Å²) in [5.74, 6) is -0.489. The molecule has 0 aliphatic carbocycles. The number of likely N-dealkylation sites (N-methyl/N-ethyl adjacent to an activating group) is 1. The van der Waals surface area contributed by atoms with Crippen molar-refractivity contribution in [3.63, 3.8) is 0 Å². The summed E-state index contributed by atoms with van der Waals surface area (Å²) in [4.78, 5) is 36.3. The van der Waals surface area contributed by atoms with Crippen LogP contribution < -0.4 is 10.6 Å². The molecule has 0 spiro atoms. The number of carbonyl (C=O) groups is 2. The second kappa shape index (κ2) is 8.57. The maximum Gasteiger partial charge on any atom is 0.274 e. The topological polar surface area (TPSA) is 105 Å². The van der Waals surface area contributed by atoms with Crippen LogP contribution in [0.2, 0.25) is 0 Å². The summed E-state index contributed by atoms with van der Waals surface area (Å²) in [5.41, 5.74) is 0.504. The molecule has 0 unspecified atom stereocenters. The molecule has 1 rings (SSSR count). The molecule has 0 aromatic heterocycles. The van der Waals surface area contributed by atoms with Crippen LogP contribution in [0.5, 0.6) is 0 Å². The fourth-order valence-corrected chi connectivity index (χ4v) is 2.23. The number of benzene rings is 1. The molecule has 0 saturated heterocycles. The van der Waals surface area contributed by atoms with Crippen molar-refractivity contribution >= 4 is 23.2 Å². The minimum Gasteiger partial charge on any atom is -0.350 e. The number of hydrogen-bond donors (Lipinski definition) is 2. The molecule has 25 heavy (non-hydrogen) atoms. The third kappa shape index (κ3) is 7.30. The number of rotatable bonds is 7. The van der Waals surface area contributed by atoms with Gasteiger partial charge in [-0.15, -0.1) is 0 Å². The first-order valence-electron chi connectivity index (χ1n) is 8.10. The van der Waals surface area contributed by atoms with Gasteiger partial charge >= 0.3 is 0 Å². The van der Waals surface area contributed by atoms with Crippen LogP contribution in [0.3, 0.4) is 0 Å². The molecule has 1 aromatic carbocycles. The molecule has 2 amide bonds. The van der Waals surface area contributed by atoms with Gasteiger partial charge in [0, 0.05) is 22.9 Å². The molecule has 0 aliphatic heterocycles. The lowest BCUT2D eigenvalue weighted by Gasteiger charge is -2.24. The maximum absolute atomic E-state index is 12.2. The first-order chi connectivity index (χ1) is 11.5. The first kappa shape index (κ1) is 20.6. The van der Waals surface area contributed by atoms with Gasteiger partial charge in [0.05, 0.1) is 18.0 Å². The molecule has 0 aliphatic rings. The Balaban J connectivity index is 2.66. The molecular weight excluding hydrogens is 324 g/mol. The summed E-state index contributed by atoms with van der Waals surface area (Å²) in [6.45, 7) is 9.81. The Hall–Kier alpha value is -2.48. The molecule has 2 N–H and O–H groups in total. The van der Waals surface area contributed by atoms with E-state index in [-0.39, 0.29) is 36.1 Å². The number of nitro groups is 1. The SMILES string of the molecule is CCN(CC(=O)Nc1ccc(C)c([N+](=O)[O-])c1)CC(=O)NC(C)(C)C. The number of anilines is 1. The molecule has 0 atom stereocenters. The molecule has 138 valence electrons. The van der Waals surface area contributed by atoms with Crippen LogP contribution in [0, 0.1) is 17.0 Å². The number of carbonyl (C=O) groups excluding carboxylic acids is 2. The highest BCUT2D eigenvalue weighted by Crippen LogP contribution is 2.22. The van der Waals surface area contributed by atoms with Crippen LogP contribution in [0.15, 0.2) is 18.2 Å². The smallest absolute Gasteiger partial charge is 0.274 e. The van der Waals surface area contributed by atoms with E-state index in [1.165, 1.54) is 6.07 Å². The van der Waals surface area contributed by atoms with Crippen LogP contribution in [0.4, 0.5) is 11.4 Å². The Morgan fingerprint density at radius 3 is 2.32 bits per heavy atom. The second-order valence-electron chi connectivity index (χ2n) is 6.91. The van der Waals surface area contributed by atoms with E-state index in [9.17, 15) is 19.7 Å². The number of nitrogens with one attached hydrogen (secondary N) is 2. The lowest BCUT2D eigenvalue weighted by Crippen LogP contribution is -2.47. The minimum absolute atomic E-state index is 0.0235. The van der Waals surface area contributed by atoms with Gasteiger partial charge in [0.2, 0.25) is 11.8 Å². The van der Waals surface area contributed by atoms with Crippen molar-refractivity contribution in [1.29, 1.82) is 0 Å². The van der Waals surface area contributed by atoms with Gasteiger partial charge in [0.15, 0.2) is 0 Å². The molecular formula is C17H26N4O4. The highest BCUT2D eigenvalue weighted by Gasteiger charge is 2.18. The van der Waals surface area contributed by atoms with Gasteiger partial charge in [-0.25, -0.2) is 0 Å². The number of nitrogens with zero attached hydrogens (tertiary/aromatic N) is 2. The molecule has 0 radical (unpaired) electrons. The summed E-state index contributed by atoms with van der Waals surface area (Å²) < 4.78 is 0. The Morgan fingerprint density at radius 2 is 1.80 bits per heavy atom. The molecule has 1 aromatic rings. The van der Waals surface area contributed by atoms with E-state index in [2.05, 4.69) is 10.6 Å². The molecule has 0 saturated carbocycles. The van der Waals surface area contributed by atoms with Crippen LogP contribution in [-0.4, -0.2) is 46.8 Å². The average molecular weight is 350 g/mol. The van der Waals surface area contributed by atoms with Gasteiger partial charge in [-0.1, -0.05) is 13.0 Å². The van der Waals surface area contributed by atoms with Crippen molar-refractivity contribution in [3.8, 4) is 0 Å². The zero-order chi connectivity index (χ0) is 19.2. The van der Waals surface area contributed by atoms with E-state index in [1.54, 1.807) is 24.0 Å². The van der Waals surface area contributed by atoms with Crippen molar-refractivity contribution in [1.82, 2.24) is 10.2 Å². The molecule has 8 nitrogen and oxygen atoms in total. The predicted molar refractivity (Wildman–Crippen MR) is 96.5 cm³/mol. The Kier molecular flexibility index (Phi) is 7.05. The van der Waals surface area contributed by atoms with Crippen molar-refractivity contribution in [2.75, 3.05) is 25.0 Å². The van der Waals surface area contributed by atoms with Gasteiger partial charge in [-0.2, -0.15) is 0 Å². The van der Waals surface area contributed by atoms with Gasteiger partial charge in [0.25, 0.3) is 5.69 Å². The summed E-state index contributed by atoms with van der Waals surface area (Å²) >= 11 is 0. The van der Waals surface area contributed by atoms with E-state index in [0.29, 0.717) is 17.8 Å². The van der Waals surface area contributed by atoms with Crippen LogP contribution in [0.1, 0.15) is 33.3 Å². The Bertz CT molecular complexity index is 653. The van der Waals surface area contributed by atoms with Crippen molar-refractivity contribution in [2.45, 2.75) is 40.2 Å². The maximum atomic E-state index is 12.2. The second-order valence-corrected chi connectivity index (χ2v) is 6.91. The summed E-state index contributed by atoms with van der Waals surface area (Å²) in [5, 5.41) is 16.4. The lowest BCUT2D eigenvalue weighted by molar-refractivity contribution is -0.385. The third-order valence-corrected chi connectivity index (χ3v) is 3.39. The van der Waals surface area contributed by atoms with E-state index < -0.39 is 4.92 Å². The van der Waals surface area contributed by atoms with Crippen molar-refractivity contribution in [2.24, 2.45) is 0 Å². The van der Waals surface area contributed by atoms with Crippen molar-refractivity contribution < 1.29 is 14.5 Å². The monoisotopic (exact) mass is 350 g/mol. The fourth-order valence-electron chi connectivity index (χ4n) is 2.23. The van der Waals surface area contributed by atoms with Crippen LogP contribution in [0.25, 0.3) is 0 Å². The highest BCUT2D eigenvalue weighted by atomic mass is 16.6. The lowest BCUT2D eigenvalue weighted by atomic mass is 10.1. The Morgan fingerprint density at radius 1 is 1.20 bits per heavy atom. The van der Waals surface area contributed by atoms with E-state index in [4.69, 9.17) is 0 Å². The van der Waals surface area contributed by atoms with Gasteiger partial charge in [-0.05, 0) is 40.3 Å². The van der Waals surface area contributed by atoms with E-state index in [1.807, 2.05) is 27.7 Å². The van der Waals surface area contributed by atoms with E-state index >= 15 is 0 Å². The van der Waals surface area contributed by atoms with Gasteiger partial charge < -0.3 is 10.6 Å². The quantitative estimate of drug-likeness (QED) is 0.579.